The molecule has 0 saturated heterocycles. The second-order valence-corrected chi connectivity index (χ2v) is 14.8. The fourth-order valence-electron chi connectivity index (χ4n) is 6.09. The number of ether oxygens (including phenoxy) is 1. The highest BCUT2D eigenvalue weighted by Gasteiger charge is 2.19. The van der Waals surface area contributed by atoms with Crippen LogP contribution < -0.4 is 10.6 Å². The summed E-state index contributed by atoms with van der Waals surface area (Å²) in [6, 6.07) is -1.40. The lowest BCUT2D eigenvalue weighted by Crippen LogP contribution is -2.47. The Bertz CT molecular complexity index is 1130. The fourth-order valence-corrected chi connectivity index (χ4v) is 6.09. The van der Waals surface area contributed by atoms with Crippen molar-refractivity contribution in [2.24, 2.45) is 0 Å². The standard InChI is InChI=1S/C47H80N2O7/c1-3-5-7-9-11-13-15-16-17-18-19-20-21-22-24-26-28-30-35-39-46(53)56-42(36-32-29-27-25-23-14-12-10-8-6-4-2)37-33-31-34-38-44(51)48-40-45(52)49-43(41-50)47(54)55/h6,8,12,14,16-17,25,27,32,36,42-43,50H,3-5,7,9-11,13,15,18-24,26,28-31,33-35,37-41H2,1-2H3,(H,48,51)(H,49,52)(H,54,55)/b8-6-,14-12-,17-16-,27-25-,36-32-. The van der Waals surface area contributed by atoms with Gasteiger partial charge in [-0.15, -0.1) is 0 Å². The molecule has 9 nitrogen and oxygen atoms in total. The number of allylic oxidation sites excluding steroid dienone is 9. The molecule has 9 heteroatoms. The van der Waals surface area contributed by atoms with Gasteiger partial charge in [0.15, 0.2) is 0 Å². The van der Waals surface area contributed by atoms with Gasteiger partial charge in [-0.3, -0.25) is 14.4 Å². The number of carboxylic acids is 1. The van der Waals surface area contributed by atoms with Crippen LogP contribution in [-0.4, -0.2) is 59.3 Å². The van der Waals surface area contributed by atoms with E-state index in [1.54, 1.807) is 0 Å². The Balaban J connectivity index is 4.37. The minimum Gasteiger partial charge on any atom is -0.480 e. The zero-order valence-electron chi connectivity index (χ0n) is 35.4. The summed E-state index contributed by atoms with van der Waals surface area (Å²) in [6.45, 7) is 3.30. The highest BCUT2D eigenvalue weighted by atomic mass is 16.5. The maximum Gasteiger partial charge on any atom is 0.328 e. The first-order valence-electron chi connectivity index (χ1n) is 22.2. The molecule has 0 aromatic heterocycles. The summed E-state index contributed by atoms with van der Waals surface area (Å²) < 4.78 is 5.87. The SMILES string of the molecule is CC/C=C\C/C=C\C/C=C\C/C=C\C(CCCCCC(=O)NCC(=O)NC(CO)C(=O)O)OC(=O)CCCCCCCCCCC/C=C\CCCCCCCC. The third-order valence-electron chi connectivity index (χ3n) is 9.48. The zero-order valence-corrected chi connectivity index (χ0v) is 35.4. The van der Waals surface area contributed by atoms with Crippen molar-refractivity contribution in [1.82, 2.24) is 10.6 Å². The zero-order chi connectivity index (χ0) is 41.2. The van der Waals surface area contributed by atoms with Crippen LogP contribution in [0.1, 0.15) is 187 Å². The van der Waals surface area contributed by atoms with Gasteiger partial charge >= 0.3 is 11.9 Å². The molecule has 4 N–H and O–H groups in total. The van der Waals surface area contributed by atoms with Crippen LogP contribution in [0.25, 0.3) is 0 Å². The minimum atomic E-state index is -1.40. The summed E-state index contributed by atoms with van der Waals surface area (Å²) in [5, 5.41) is 22.6. The molecule has 2 unspecified atom stereocenters. The Morgan fingerprint density at radius 2 is 1.07 bits per heavy atom. The number of carbonyl (C=O) groups excluding carboxylic acids is 3. The number of aliphatic hydroxyl groups is 1. The number of unbranched alkanes of at least 4 members (excludes halogenated alkanes) is 17. The van der Waals surface area contributed by atoms with E-state index in [2.05, 4.69) is 73.1 Å². The molecule has 0 rings (SSSR count). The summed E-state index contributed by atoms with van der Waals surface area (Å²) in [5.41, 5.74) is 0. The monoisotopic (exact) mass is 785 g/mol. The number of hydrogen-bond donors (Lipinski definition) is 4. The Labute approximate surface area is 341 Å². The molecule has 0 radical (unpaired) electrons. The Morgan fingerprint density at radius 3 is 1.62 bits per heavy atom. The van der Waals surface area contributed by atoms with E-state index in [4.69, 9.17) is 14.9 Å². The molecule has 0 bridgehead atoms. The molecule has 0 aromatic carbocycles. The molecular weight excluding hydrogens is 705 g/mol. The highest BCUT2D eigenvalue weighted by molar-refractivity contribution is 5.87. The third kappa shape index (κ3) is 37.5. The summed E-state index contributed by atoms with van der Waals surface area (Å²) in [5.74, 6) is -2.50. The number of hydrogen-bond acceptors (Lipinski definition) is 6. The molecule has 0 heterocycles. The van der Waals surface area contributed by atoms with Gasteiger partial charge in [0.25, 0.3) is 0 Å². The molecule has 2 amide bonds. The predicted molar refractivity (Wildman–Crippen MR) is 231 cm³/mol. The Kier molecular flexibility index (Phi) is 38.6. The summed E-state index contributed by atoms with van der Waals surface area (Å²) in [7, 11) is 0. The molecule has 0 spiro atoms. The number of aliphatic carboxylic acids is 1. The first-order valence-corrected chi connectivity index (χ1v) is 22.2. The number of amides is 2. The summed E-state index contributed by atoms with van der Waals surface area (Å²) in [6.07, 6.45) is 49.8. The van der Waals surface area contributed by atoms with Crippen LogP contribution in [0.15, 0.2) is 60.8 Å². The van der Waals surface area contributed by atoms with E-state index in [1.807, 2.05) is 12.2 Å². The van der Waals surface area contributed by atoms with Crippen molar-refractivity contribution in [3.8, 4) is 0 Å². The second-order valence-electron chi connectivity index (χ2n) is 14.8. The van der Waals surface area contributed by atoms with E-state index >= 15 is 0 Å². The number of carbonyl (C=O) groups is 4. The smallest absolute Gasteiger partial charge is 0.328 e. The first kappa shape index (κ1) is 52.5. The molecule has 56 heavy (non-hydrogen) atoms. The van der Waals surface area contributed by atoms with Crippen molar-refractivity contribution in [1.29, 1.82) is 0 Å². The average Bonchev–Trinajstić information content (AvgIpc) is 3.18. The van der Waals surface area contributed by atoms with E-state index in [9.17, 15) is 19.2 Å². The molecular formula is C47H80N2O7. The molecule has 0 aromatic rings. The lowest BCUT2D eigenvalue weighted by atomic mass is 10.1. The van der Waals surface area contributed by atoms with Crippen LogP contribution in [0.2, 0.25) is 0 Å². The lowest BCUT2D eigenvalue weighted by Gasteiger charge is -2.15. The highest BCUT2D eigenvalue weighted by Crippen LogP contribution is 2.15. The van der Waals surface area contributed by atoms with Crippen molar-refractivity contribution >= 4 is 23.8 Å². The van der Waals surface area contributed by atoms with Crippen LogP contribution in [0.3, 0.4) is 0 Å². The lowest BCUT2D eigenvalue weighted by molar-refractivity contribution is -0.147. The molecule has 2 atom stereocenters. The number of nitrogens with one attached hydrogen (secondary N) is 2. The quantitative estimate of drug-likeness (QED) is 0.0276. The van der Waals surface area contributed by atoms with E-state index in [1.165, 1.54) is 89.9 Å². The maximum absolute atomic E-state index is 12.7. The molecule has 0 fully saturated rings. The van der Waals surface area contributed by atoms with Crippen molar-refractivity contribution in [2.75, 3.05) is 13.2 Å². The first-order chi connectivity index (χ1) is 27.3. The topological polar surface area (TPSA) is 142 Å². The largest absolute Gasteiger partial charge is 0.480 e. The van der Waals surface area contributed by atoms with Gasteiger partial charge in [0.1, 0.15) is 12.1 Å². The van der Waals surface area contributed by atoms with Gasteiger partial charge in [-0.2, -0.15) is 0 Å². The Morgan fingerprint density at radius 1 is 0.571 bits per heavy atom. The van der Waals surface area contributed by atoms with Crippen LogP contribution in [0.4, 0.5) is 0 Å². The fraction of sp³-hybridized carbons (Fsp3) is 0.702. The van der Waals surface area contributed by atoms with E-state index in [0.29, 0.717) is 19.3 Å². The molecule has 0 aliphatic carbocycles. The van der Waals surface area contributed by atoms with Gasteiger partial charge in [0.2, 0.25) is 11.8 Å². The minimum absolute atomic E-state index is 0.164. The normalized spacial score (nSPS) is 13.1. The van der Waals surface area contributed by atoms with Gasteiger partial charge in [-0.1, -0.05) is 152 Å². The molecule has 0 saturated carbocycles. The van der Waals surface area contributed by atoms with Crippen LogP contribution >= 0.6 is 0 Å². The van der Waals surface area contributed by atoms with Crippen molar-refractivity contribution < 1.29 is 34.1 Å². The summed E-state index contributed by atoms with van der Waals surface area (Å²) >= 11 is 0. The third-order valence-corrected chi connectivity index (χ3v) is 9.48. The van der Waals surface area contributed by atoms with Crippen molar-refractivity contribution in [3.05, 3.63) is 60.8 Å². The summed E-state index contributed by atoms with van der Waals surface area (Å²) in [4.78, 5) is 47.7. The van der Waals surface area contributed by atoms with E-state index in [0.717, 1.165) is 57.8 Å². The molecule has 320 valence electrons. The van der Waals surface area contributed by atoms with Gasteiger partial charge in [-0.25, -0.2) is 4.79 Å². The number of aliphatic hydroxyl groups excluding tert-OH is 1. The number of rotatable bonds is 39. The predicted octanol–water partition coefficient (Wildman–Crippen LogP) is 10.9. The van der Waals surface area contributed by atoms with E-state index < -0.39 is 24.5 Å². The molecule has 0 aliphatic heterocycles. The van der Waals surface area contributed by atoms with Crippen molar-refractivity contribution in [2.45, 2.75) is 199 Å². The van der Waals surface area contributed by atoms with Gasteiger partial charge < -0.3 is 25.6 Å². The van der Waals surface area contributed by atoms with Crippen molar-refractivity contribution in [3.63, 3.8) is 0 Å². The van der Waals surface area contributed by atoms with Crippen LogP contribution in [0, 0.1) is 0 Å². The second kappa shape index (κ2) is 41.2. The van der Waals surface area contributed by atoms with Gasteiger partial charge in [-0.05, 0) is 83.1 Å². The van der Waals surface area contributed by atoms with Gasteiger partial charge in [0, 0.05) is 12.8 Å². The van der Waals surface area contributed by atoms with Gasteiger partial charge in [0.05, 0.1) is 13.2 Å². The number of carboxylic acid groups (broad SMARTS) is 1. The van der Waals surface area contributed by atoms with E-state index in [-0.39, 0.29) is 30.9 Å². The Hall–Kier alpha value is -3.46. The number of esters is 1. The van der Waals surface area contributed by atoms with Crippen LogP contribution in [-0.2, 0) is 23.9 Å². The van der Waals surface area contributed by atoms with Crippen LogP contribution in [0.5, 0.6) is 0 Å². The average molecular weight is 785 g/mol. The maximum atomic E-state index is 12.7. The molecule has 0 aliphatic rings.